The van der Waals surface area contributed by atoms with Crippen LogP contribution in [0.1, 0.15) is 35.2 Å². The second kappa shape index (κ2) is 10.1. The predicted molar refractivity (Wildman–Crippen MR) is 113 cm³/mol. The number of piperidine rings is 1. The van der Waals surface area contributed by atoms with E-state index >= 15 is 0 Å². The molecule has 1 heterocycles. The molecular weight excluding hydrogens is 428 g/mol. The lowest BCUT2D eigenvalue weighted by atomic mass is 10.1. The van der Waals surface area contributed by atoms with E-state index in [1.165, 1.54) is 12.1 Å². The van der Waals surface area contributed by atoms with Crippen LogP contribution in [0, 0.1) is 0 Å². The van der Waals surface area contributed by atoms with Gasteiger partial charge in [0, 0.05) is 19.6 Å². The zero-order valence-electron chi connectivity index (χ0n) is 16.3. The van der Waals surface area contributed by atoms with Gasteiger partial charge in [0.15, 0.2) is 6.61 Å². The van der Waals surface area contributed by atoms with Crippen LogP contribution in [0.25, 0.3) is 0 Å². The predicted octanol–water partition coefficient (Wildman–Crippen LogP) is 2.99. The van der Waals surface area contributed by atoms with E-state index in [0.29, 0.717) is 13.1 Å². The zero-order valence-corrected chi connectivity index (χ0v) is 17.9. The molecule has 1 amide bonds. The van der Waals surface area contributed by atoms with Crippen molar-refractivity contribution in [2.45, 2.75) is 30.7 Å². The lowest BCUT2D eigenvalue weighted by Crippen LogP contribution is -2.38. The van der Waals surface area contributed by atoms with Gasteiger partial charge in [-0.15, -0.1) is 0 Å². The lowest BCUT2D eigenvalue weighted by Gasteiger charge is -2.26. The summed E-state index contributed by atoms with van der Waals surface area (Å²) in [4.78, 5) is 25.9. The molecule has 1 saturated heterocycles. The molecule has 0 atom stereocenters. The molecule has 30 heavy (non-hydrogen) atoms. The van der Waals surface area contributed by atoms with Gasteiger partial charge < -0.3 is 9.64 Å². The van der Waals surface area contributed by atoms with Crippen LogP contribution in [0.2, 0.25) is 5.02 Å². The third-order valence-electron chi connectivity index (χ3n) is 4.80. The van der Waals surface area contributed by atoms with E-state index in [4.69, 9.17) is 16.3 Å². The Hall–Kier alpha value is -2.42. The fourth-order valence-corrected chi connectivity index (χ4v) is 4.67. The fraction of sp³-hybridized carbons (Fsp3) is 0.333. The van der Waals surface area contributed by atoms with Crippen molar-refractivity contribution in [1.29, 1.82) is 0 Å². The maximum atomic E-state index is 12.7. The van der Waals surface area contributed by atoms with Crippen molar-refractivity contribution in [2.24, 2.45) is 0 Å². The van der Waals surface area contributed by atoms with E-state index < -0.39 is 16.0 Å². The third-order valence-corrected chi connectivity index (χ3v) is 6.68. The quantitative estimate of drug-likeness (QED) is 0.654. The van der Waals surface area contributed by atoms with Gasteiger partial charge >= 0.3 is 5.97 Å². The van der Waals surface area contributed by atoms with Gasteiger partial charge in [0.05, 0.1) is 10.6 Å². The lowest BCUT2D eigenvalue weighted by molar-refractivity contribution is -0.135. The monoisotopic (exact) mass is 450 g/mol. The molecule has 1 fully saturated rings. The van der Waals surface area contributed by atoms with Crippen LogP contribution in [0.4, 0.5) is 0 Å². The highest BCUT2D eigenvalue weighted by atomic mass is 35.5. The van der Waals surface area contributed by atoms with Crippen molar-refractivity contribution in [2.75, 3.05) is 19.7 Å². The number of ether oxygens (including phenoxy) is 1. The number of amides is 1. The zero-order chi connectivity index (χ0) is 21.6. The smallest absolute Gasteiger partial charge is 0.338 e. The average Bonchev–Trinajstić information content (AvgIpc) is 2.77. The number of rotatable bonds is 7. The van der Waals surface area contributed by atoms with Gasteiger partial charge in [-0.1, -0.05) is 41.9 Å². The van der Waals surface area contributed by atoms with Gasteiger partial charge in [-0.25, -0.2) is 17.9 Å². The summed E-state index contributed by atoms with van der Waals surface area (Å²) in [6.45, 7) is 1.02. The SMILES string of the molecule is O=C(OCC(=O)N1CCCCC1)c1ccc(Cl)c(S(=O)(=O)NCc2ccccc2)c1. The molecule has 0 aliphatic carbocycles. The summed E-state index contributed by atoms with van der Waals surface area (Å²) in [5, 5.41) is -0.0171. The second-order valence-corrected chi connectivity index (χ2v) is 9.12. The minimum atomic E-state index is -3.96. The Labute approximate surface area is 181 Å². The minimum Gasteiger partial charge on any atom is -0.452 e. The number of hydrogen-bond donors (Lipinski definition) is 1. The average molecular weight is 451 g/mol. The summed E-state index contributed by atoms with van der Waals surface area (Å²) in [5.41, 5.74) is 0.787. The summed E-state index contributed by atoms with van der Waals surface area (Å²) in [5.74, 6) is -1.04. The fourth-order valence-electron chi connectivity index (χ4n) is 3.13. The highest BCUT2D eigenvalue weighted by Gasteiger charge is 2.22. The van der Waals surface area contributed by atoms with Crippen molar-refractivity contribution in [3.63, 3.8) is 0 Å². The number of hydrogen-bond acceptors (Lipinski definition) is 5. The van der Waals surface area contributed by atoms with E-state index in [-0.39, 0.29) is 34.5 Å². The van der Waals surface area contributed by atoms with Crippen LogP contribution in [-0.2, 0) is 26.1 Å². The van der Waals surface area contributed by atoms with Crippen molar-refractivity contribution in [3.8, 4) is 0 Å². The minimum absolute atomic E-state index is 0.00549. The number of nitrogens with one attached hydrogen (secondary N) is 1. The molecule has 0 unspecified atom stereocenters. The number of sulfonamides is 1. The van der Waals surface area contributed by atoms with Crippen LogP contribution in [0.5, 0.6) is 0 Å². The van der Waals surface area contributed by atoms with E-state index in [1.807, 2.05) is 6.07 Å². The van der Waals surface area contributed by atoms with Crippen LogP contribution in [0.15, 0.2) is 53.4 Å². The number of likely N-dealkylation sites (tertiary alicyclic amines) is 1. The standard InChI is InChI=1S/C21H23ClN2O5S/c22-18-10-9-17(21(26)29-15-20(25)24-11-5-2-6-12-24)13-19(18)30(27,28)23-14-16-7-3-1-4-8-16/h1,3-4,7-10,13,23H,2,5-6,11-12,14-15H2. The maximum Gasteiger partial charge on any atom is 0.338 e. The molecule has 1 aliphatic heterocycles. The van der Waals surface area contributed by atoms with Gasteiger partial charge in [0.2, 0.25) is 10.0 Å². The first-order valence-corrected chi connectivity index (χ1v) is 11.5. The first kappa shape index (κ1) is 22.3. The van der Waals surface area contributed by atoms with Gasteiger partial charge in [-0.05, 0) is 43.0 Å². The molecule has 160 valence electrons. The number of carbonyl (C=O) groups excluding carboxylic acids is 2. The summed E-state index contributed by atoms with van der Waals surface area (Å²) in [6.07, 6.45) is 2.96. The molecule has 3 rings (SSSR count). The molecule has 0 aromatic heterocycles. The van der Waals surface area contributed by atoms with Gasteiger partial charge in [-0.2, -0.15) is 0 Å². The van der Waals surface area contributed by atoms with Crippen LogP contribution < -0.4 is 4.72 Å². The third kappa shape index (κ3) is 5.81. The summed E-state index contributed by atoms with van der Waals surface area (Å²) in [6, 6.07) is 12.9. The Morgan fingerprint density at radius 1 is 1.03 bits per heavy atom. The molecule has 7 nitrogen and oxygen atoms in total. The molecule has 0 spiro atoms. The number of halogens is 1. The Bertz CT molecular complexity index is 1010. The van der Waals surface area contributed by atoms with E-state index in [0.717, 1.165) is 30.9 Å². The first-order chi connectivity index (χ1) is 14.4. The van der Waals surface area contributed by atoms with Crippen molar-refractivity contribution >= 4 is 33.5 Å². The first-order valence-electron chi connectivity index (χ1n) is 9.65. The molecule has 2 aromatic rings. The van der Waals surface area contributed by atoms with Crippen molar-refractivity contribution in [1.82, 2.24) is 9.62 Å². The number of benzene rings is 2. The summed E-state index contributed by atoms with van der Waals surface area (Å²) in [7, 11) is -3.96. The van der Waals surface area contributed by atoms with Crippen LogP contribution in [-0.4, -0.2) is 44.9 Å². The Morgan fingerprint density at radius 3 is 2.43 bits per heavy atom. The largest absolute Gasteiger partial charge is 0.452 e. The molecule has 0 radical (unpaired) electrons. The molecular formula is C21H23ClN2O5S. The molecule has 9 heteroatoms. The molecule has 1 aliphatic rings. The van der Waals surface area contributed by atoms with Gasteiger partial charge in [-0.3, -0.25) is 4.79 Å². The number of nitrogens with zero attached hydrogens (tertiary/aromatic N) is 1. The summed E-state index contributed by atoms with van der Waals surface area (Å²) < 4.78 is 32.9. The van der Waals surface area contributed by atoms with Crippen molar-refractivity contribution < 1.29 is 22.7 Å². The summed E-state index contributed by atoms with van der Waals surface area (Å²) >= 11 is 6.06. The van der Waals surface area contributed by atoms with Crippen molar-refractivity contribution in [3.05, 3.63) is 64.7 Å². The van der Waals surface area contributed by atoms with Gasteiger partial charge in [0.25, 0.3) is 5.91 Å². The molecule has 2 aromatic carbocycles. The van der Waals surface area contributed by atoms with E-state index in [1.54, 1.807) is 29.2 Å². The number of carbonyl (C=O) groups is 2. The van der Waals surface area contributed by atoms with Crippen LogP contribution in [0.3, 0.4) is 0 Å². The van der Waals surface area contributed by atoms with E-state index in [9.17, 15) is 18.0 Å². The van der Waals surface area contributed by atoms with Crippen LogP contribution >= 0.6 is 11.6 Å². The highest BCUT2D eigenvalue weighted by Crippen LogP contribution is 2.23. The Morgan fingerprint density at radius 2 is 1.73 bits per heavy atom. The molecule has 0 saturated carbocycles. The maximum absolute atomic E-state index is 12.7. The van der Waals surface area contributed by atoms with E-state index in [2.05, 4.69) is 4.72 Å². The van der Waals surface area contributed by atoms with Gasteiger partial charge in [0.1, 0.15) is 4.90 Å². The molecule has 1 N–H and O–H groups in total. The highest BCUT2D eigenvalue weighted by molar-refractivity contribution is 7.89. The number of esters is 1. The normalized spacial score (nSPS) is 14.4. The molecule has 0 bridgehead atoms. The Balaban J connectivity index is 1.66. The Kier molecular flexibility index (Phi) is 7.47. The second-order valence-electron chi connectivity index (χ2n) is 6.97. The topological polar surface area (TPSA) is 92.8 Å².